The molecule has 0 radical (unpaired) electrons. The van der Waals surface area contributed by atoms with Gasteiger partial charge < -0.3 is 15.3 Å². The number of hydrogen-bond acceptors (Lipinski definition) is 4. The van der Waals surface area contributed by atoms with Crippen molar-refractivity contribution in [3.05, 3.63) is 0 Å². The van der Waals surface area contributed by atoms with Crippen LogP contribution in [0.4, 0.5) is 0 Å². The molecule has 60 valence electrons. The molecule has 8 heteroatoms. The summed E-state index contributed by atoms with van der Waals surface area (Å²) in [5.74, 6) is -1.12. The molecule has 0 saturated heterocycles. The van der Waals surface area contributed by atoms with Crippen LogP contribution in [-0.2, 0) is 4.79 Å². The van der Waals surface area contributed by atoms with Crippen LogP contribution in [0.25, 0.3) is 0 Å². The van der Waals surface area contributed by atoms with Crippen molar-refractivity contribution in [2.75, 3.05) is 0 Å². The second-order valence-electron chi connectivity index (χ2n) is 1.60. The van der Waals surface area contributed by atoms with Gasteiger partial charge in [0.05, 0.1) is 0 Å². The third-order valence-corrected chi connectivity index (χ3v) is 0.769. The van der Waals surface area contributed by atoms with Crippen LogP contribution in [0.3, 0.4) is 0 Å². The number of rotatable bonds is 3. The number of carboxylic acid groups (broad SMARTS) is 1. The van der Waals surface area contributed by atoms with Gasteiger partial charge in [0.2, 0.25) is 6.41 Å². The molecule has 0 saturated carbocycles. The summed E-state index contributed by atoms with van der Waals surface area (Å²) < 4.78 is 0. The van der Waals surface area contributed by atoms with Gasteiger partial charge >= 0.3 is 94.6 Å². The van der Waals surface area contributed by atoms with Gasteiger partial charge in [-0.2, -0.15) is 0 Å². The average Bonchev–Trinajstić information content (AvgIpc) is 1.63. The molecule has 0 aliphatic rings. The SMILES string of the molecule is CC(NC(O)O)C(=O)O.[NaH].[NaH].[NaH]. The third-order valence-electron chi connectivity index (χ3n) is 0.769. The summed E-state index contributed by atoms with van der Waals surface area (Å²) in [5, 5.41) is 26.4. The summed E-state index contributed by atoms with van der Waals surface area (Å²) in [6, 6.07) is -0.940. The minimum absolute atomic E-state index is 0. The van der Waals surface area contributed by atoms with Gasteiger partial charge in [0.25, 0.3) is 0 Å². The van der Waals surface area contributed by atoms with E-state index in [9.17, 15) is 4.79 Å². The molecule has 0 heterocycles. The topological polar surface area (TPSA) is 89.8 Å². The van der Waals surface area contributed by atoms with Crippen LogP contribution in [0, 0.1) is 0 Å². The Morgan fingerprint density at radius 3 is 1.67 bits per heavy atom. The zero-order chi connectivity index (χ0) is 7.44. The van der Waals surface area contributed by atoms with Crippen molar-refractivity contribution in [1.29, 1.82) is 0 Å². The van der Waals surface area contributed by atoms with Crippen LogP contribution in [-0.4, -0.2) is 122 Å². The molecule has 0 fully saturated rings. The Balaban J connectivity index is -0.000000107. The summed E-state index contributed by atoms with van der Waals surface area (Å²) in [7, 11) is 0. The average molecular weight is 207 g/mol. The Morgan fingerprint density at radius 2 is 1.58 bits per heavy atom. The molecule has 1 unspecified atom stereocenters. The quantitative estimate of drug-likeness (QED) is 0.283. The van der Waals surface area contributed by atoms with E-state index < -0.39 is 18.4 Å². The fourth-order valence-electron chi connectivity index (χ4n) is 0.295. The van der Waals surface area contributed by atoms with Gasteiger partial charge in [0, 0.05) is 0 Å². The summed E-state index contributed by atoms with van der Waals surface area (Å²) >= 11 is 0. The Hall–Kier alpha value is 2.35. The second kappa shape index (κ2) is 13.4. The number of aliphatic carboxylic acids is 1. The van der Waals surface area contributed by atoms with Crippen molar-refractivity contribution in [2.45, 2.75) is 19.4 Å². The van der Waals surface area contributed by atoms with Crippen molar-refractivity contribution in [2.24, 2.45) is 0 Å². The van der Waals surface area contributed by atoms with E-state index in [2.05, 4.69) is 0 Å². The molecular formula is C4H12NNa3O4. The van der Waals surface area contributed by atoms with Crippen LogP contribution in [0.1, 0.15) is 6.92 Å². The fourth-order valence-corrected chi connectivity index (χ4v) is 0.295. The number of aliphatic hydroxyl groups excluding tert-OH is 1. The zero-order valence-electron chi connectivity index (χ0n) is 4.90. The zero-order valence-corrected chi connectivity index (χ0v) is 4.90. The monoisotopic (exact) mass is 207 g/mol. The molecule has 0 amide bonds. The molecule has 0 bridgehead atoms. The van der Waals surface area contributed by atoms with E-state index in [1.165, 1.54) is 6.92 Å². The first kappa shape index (κ1) is 23.9. The van der Waals surface area contributed by atoms with Crippen molar-refractivity contribution in [1.82, 2.24) is 5.32 Å². The molecule has 0 aromatic carbocycles. The Kier molecular flexibility index (Phi) is 26.6. The summed E-state index contributed by atoms with van der Waals surface area (Å²) in [6.45, 7) is 1.31. The number of aliphatic hydroxyl groups is 2. The molecule has 0 rings (SSSR count). The molecule has 0 aromatic heterocycles. The fraction of sp³-hybridized carbons (Fsp3) is 0.750. The minimum atomic E-state index is -1.77. The molecule has 12 heavy (non-hydrogen) atoms. The molecule has 0 spiro atoms. The van der Waals surface area contributed by atoms with Gasteiger partial charge in [-0.25, -0.2) is 0 Å². The number of carboxylic acids is 1. The summed E-state index contributed by atoms with van der Waals surface area (Å²) in [6.07, 6.45) is -1.77. The summed E-state index contributed by atoms with van der Waals surface area (Å²) in [4.78, 5) is 9.95. The van der Waals surface area contributed by atoms with E-state index in [-0.39, 0.29) is 88.7 Å². The van der Waals surface area contributed by atoms with E-state index in [4.69, 9.17) is 15.3 Å². The maximum absolute atomic E-state index is 9.95. The van der Waals surface area contributed by atoms with E-state index in [1.807, 2.05) is 5.32 Å². The molecule has 0 aromatic rings. The first-order valence-electron chi connectivity index (χ1n) is 2.39. The van der Waals surface area contributed by atoms with Crippen LogP contribution < -0.4 is 5.32 Å². The standard InChI is InChI=1S/C4H9NO4.3Na.3H/c1-2(3(6)7)5-4(8)9;;;;;;/h2,4-5,8-9H,1H3,(H,6,7);;;;;;. The number of hydrogen-bond donors (Lipinski definition) is 4. The second-order valence-corrected chi connectivity index (χ2v) is 1.60. The summed E-state index contributed by atoms with van der Waals surface area (Å²) in [5.41, 5.74) is 0. The van der Waals surface area contributed by atoms with Crippen molar-refractivity contribution < 1.29 is 20.1 Å². The van der Waals surface area contributed by atoms with Gasteiger partial charge in [0.15, 0.2) is 0 Å². The Labute approximate surface area is 137 Å². The molecule has 0 aliphatic heterocycles. The van der Waals surface area contributed by atoms with Crippen molar-refractivity contribution in [3.63, 3.8) is 0 Å². The predicted molar refractivity (Wildman–Crippen MR) is 49.9 cm³/mol. The van der Waals surface area contributed by atoms with Gasteiger partial charge in [-0.3, -0.25) is 10.1 Å². The van der Waals surface area contributed by atoms with Crippen LogP contribution in [0.15, 0.2) is 0 Å². The van der Waals surface area contributed by atoms with Gasteiger partial charge in [-0.1, -0.05) is 0 Å². The normalized spacial score (nSPS) is 10.3. The van der Waals surface area contributed by atoms with E-state index in [0.717, 1.165) is 0 Å². The van der Waals surface area contributed by atoms with E-state index in [0.29, 0.717) is 0 Å². The molecule has 4 N–H and O–H groups in total. The molecular weight excluding hydrogens is 195 g/mol. The first-order chi connectivity index (χ1) is 4.04. The number of nitrogens with one attached hydrogen (secondary N) is 1. The van der Waals surface area contributed by atoms with Crippen molar-refractivity contribution >= 4 is 94.6 Å². The van der Waals surface area contributed by atoms with Crippen LogP contribution >= 0.6 is 0 Å². The first-order valence-corrected chi connectivity index (χ1v) is 2.39. The van der Waals surface area contributed by atoms with Gasteiger partial charge in [-0.15, -0.1) is 0 Å². The molecule has 0 aliphatic carbocycles. The van der Waals surface area contributed by atoms with E-state index in [1.54, 1.807) is 0 Å². The van der Waals surface area contributed by atoms with E-state index >= 15 is 0 Å². The Bertz CT molecular complexity index is 112. The van der Waals surface area contributed by atoms with Gasteiger partial charge in [-0.05, 0) is 6.92 Å². The van der Waals surface area contributed by atoms with Crippen molar-refractivity contribution in [3.8, 4) is 0 Å². The maximum atomic E-state index is 9.95. The van der Waals surface area contributed by atoms with Crippen LogP contribution in [0.5, 0.6) is 0 Å². The predicted octanol–water partition coefficient (Wildman–Crippen LogP) is -3.63. The van der Waals surface area contributed by atoms with Gasteiger partial charge in [0.1, 0.15) is 6.04 Å². The Morgan fingerprint density at radius 1 is 1.25 bits per heavy atom. The third kappa shape index (κ3) is 14.9. The molecule has 1 atom stereocenters. The number of carbonyl (C=O) groups is 1. The van der Waals surface area contributed by atoms with Crippen LogP contribution in [0.2, 0.25) is 0 Å². The molecule has 5 nitrogen and oxygen atoms in total.